The SMILES string of the molecule is C[C@H]1C/C=C\C(=O)OC(/C=C/C#C/C=C/C(C)(C)C(O)c2cccc(O)c2Br)[C@H](C)/C=C/[C@@H](C)C[C@@H](OC(N)=O)C1. The Morgan fingerprint density at radius 2 is 1.90 bits per heavy atom. The van der Waals surface area contributed by atoms with Crippen LogP contribution >= 0.6 is 15.9 Å². The van der Waals surface area contributed by atoms with Crippen LogP contribution in [0.2, 0.25) is 0 Å². The molecule has 0 aromatic heterocycles. The van der Waals surface area contributed by atoms with Gasteiger partial charge in [-0.2, -0.15) is 0 Å². The van der Waals surface area contributed by atoms with Crippen LogP contribution in [0, 0.1) is 35.0 Å². The number of amides is 1. The minimum absolute atomic E-state index is 0.0645. The van der Waals surface area contributed by atoms with Crippen LogP contribution in [0.3, 0.4) is 0 Å². The number of aliphatic hydroxyl groups is 1. The quantitative estimate of drug-likeness (QED) is 0.185. The van der Waals surface area contributed by atoms with Crippen LogP contribution in [-0.2, 0) is 14.3 Å². The van der Waals surface area contributed by atoms with Gasteiger partial charge in [0.1, 0.15) is 18.0 Å². The number of rotatable bonds is 5. The lowest BCUT2D eigenvalue weighted by molar-refractivity contribution is -0.142. The number of hydrogen-bond acceptors (Lipinski definition) is 6. The Bertz CT molecular complexity index is 1220. The number of esters is 1. The second-order valence-electron chi connectivity index (χ2n) is 11.3. The molecular formula is C33H42BrNO6. The van der Waals surface area contributed by atoms with Crippen molar-refractivity contribution in [3.63, 3.8) is 0 Å². The molecule has 1 aliphatic rings. The summed E-state index contributed by atoms with van der Waals surface area (Å²) < 4.78 is 11.5. The Morgan fingerprint density at radius 3 is 2.61 bits per heavy atom. The van der Waals surface area contributed by atoms with Crippen LogP contribution in [0.5, 0.6) is 5.75 Å². The molecule has 4 N–H and O–H groups in total. The number of halogens is 1. The molecule has 222 valence electrons. The van der Waals surface area contributed by atoms with Gasteiger partial charge in [-0.15, -0.1) is 0 Å². The zero-order valence-electron chi connectivity index (χ0n) is 24.4. The van der Waals surface area contributed by atoms with E-state index in [1.54, 1.807) is 42.5 Å². The molecule has 0 fully saturated rings. The van der Waals surface area contributed by atoms with Crippen molar-refractivity contribution in [3.8, 4) is 17.6 Å². The smallest absolute Gasteiger partial charge is 0.404 e. The van der Waals surface area contributed by atoms with E-state index in [0.29, 0.717) is 29.3 Å². The van der Waals surface area contributed by atoms with Gasteiger partial charge in [0.25, 0.3) is 0 Å². The molecule has 7 nitrogen and oxygen atoms in total. The van der Waals surface area contributed by atoms with Gasteiger partial charge >= 0.3 is 12.1 Å². The van der Waals surface area contributed by atoms with E-state index in [0.717, 1.165) is 0 Å². The molecule has 0 aliphatic carbocycles. The molecule has 0 saturated carbocycles. The van der Waals surface area contributed by atoms with Gasteiger partial charge in [0, 0.05) is 17.4 Å². The summed E-state index contributed by atoms with van der Waals surface area (Å²) in [4.78, 5) is 23.9. The summed E-state index contributed by atoms with van der Waals surface area (Å²) in [6, 6.07) is 4.99. The lowest BCUT2D eigenvalue weighted by Crippen LogP contribution is -2.26. The number of aliphatic hydroxyl groups excluding tert-OH is 1. The van der Waals surface area contributed by atoms with Crippen molar-refractivity contribution < 1.29 is 29.3 Å². The van der Waals surface area contributed by atoms with Crippen LogP contribution in [0.25, 0.3) is 0 Å². The summed E-state index contributed by atoms with van der Waals surface area (Å²) in [5, 5.41) is 20.8. The van der Waals surface area contributed by atoms with Gasteiger partial charge in [-0.05, 0) is 76.9 Å². The fourth-order valence-corrected chi connectivity index (χ4v) is 4.98. The van der Waals surface area contributed by atoms with Crippen LogP contribution in [0.15, 0.2) is 71.3 Å². The van der Waals surface area contributed by atoms with Gasteiger partial charge in [-0.3, -0.25) is 0 Å². The van der Waals surface area contributed by atoms with Gasteiger partial charge in [0.15, 0.2) is 0 Å². The first-order valence-corrected chi connectivity index (χ1v) is 14.6. The highest BCUT2D eigenvalue weighted by Crippen LogP contribution is 2.40. The summed E-state index contributed by atoms with van der Waals surface area (Å²) in [5.74, 6) is 5.69. The predicted octanol–water partition coefficient (Wildman–Crippen LogP) is 6.91. The highest BCUT2D eigenvalue weighted by atomic mass is 79.9. The Kier molecular flexibility index (Phi) is 13.4. The first-order chi connectivity index (χ1) is 19.3. The van der Waals surface area contributed by atoms with E-state index in [9.17, 15) is 19.8 Å². The number of hydrogen-bond donors (Lipinski definition) is 3. The van der Waals surface area contributed by atoms with Gasteiger partial charge < -0.3 is 25.4 Å². The number of nitrogens with two attached hydrogens (primary N) is 1. The van der Waals surface area contributed by atoms with Crippen LogP contribution < -0.4 is 5.73 Å². The molecular weight excluding hydrogens is 586 g/mol. The topological polar surface area (TPSA) is 119 Å². The van der Waals surface area contributed by atoms with Crippen molar-refractivity contribution in [2.75, 3.05) is 0 Å². The summed E-state index contributed by atoms with van der Waals surface area (Å²) in [6.45, 7) is 9.79. The lowest BCUT2D eigenvalue weighted by Gasteiger charge is -2.28. The standard InChI is InChI=1S/C33H42BrNO6/c1-22-12-10-16-29(37)41-28(24(3)18-17-23(2)21-25(20-22)40-32(35)39)15-8-6-7-9-19-33(4,5)31(38)26-13-11-14-27(36)30(26)34/h8-11,13-19,22-25,28,31,36,38H,12,20-21H2,1-5H3,(H2,35,39)/b15-8+,16-10-,18-17+,19-9+/t22-,23+,24+,25-,28?,31?/m0/s1. The van der Waals surface area contributed by atoms with Crippen molar-refractivity contribution in [1.29, 1.82) is 0 Å². The van der Waals surface area contributed by atoms with E-state index in [-0.39, 0.29) is 29.6 Å². The average molecular weight is 629 g/mol. The second-order valence-corrected chi connectivity index (χ2v) is 12.1. The van der Waals surface area contributed by atoms with Gasteiger partial charge in [-0.1, -0.05) is 82.9 Å². The molecule has 0 radical (unpaired) electrons. The molecule has 6 atom stereocenters. The number of phenols is 1. The van der Waals surface area contributed by atoms with Gasteiger partial charge in [0.2, 0.25) is 0 Å². The maximum Gasteiger partial charge on any atom is 0.404 e. The maximum atomic E-state index is 12.5. The number of phenolic OH excluding ortho intramolecular Hbond substituents is 1. The summed E-state index contributed by atoms with van der Waals surface area (Å²) >= 11 is 3.34. The monoisotopic (exact) mass is 627 g/mol. The third kappa shape index (κ3) is 11.6. The highest BCUT2D eigenvalue weighted by Gasteiger charge is 2.28. The number of carbonyl (C=O) groups is 2. The summed E-state index contributed by atoms with van der Waals surface area (Å²) in [5.41, 5.74) is 5.21. The zero-order chi connectivity index (χ0) is 30.6. The number of ether oxygens (including phenoxy) is 2. The fraction of sp³-hybridized carbons (Fsp3) is 0.455. The van der Waals surface area contributed by atoms with E-state index in [4.69, 9.17) is 15.2 Å². The number of aromatic hydroxyl groups is 1. The van der Waals surface area contributed by atoms with E-state index in [2.05, 4.69) is 27.8 Å². The molecule has 0 saturated heterocycles. The zero-order valence-corrected chi connectivity index (χ0v) is 26.0. The molecule has 0 spiro atoms. The van der Waals surface area contributed by atoms with E-state index in [1.165, 1.54) is 6.08 Å². The molecule has 1 aromatic rings. The number of primary amides is 1. The number of carbonyl (C=O) groups excluding carboxylic acids is 2. The molecule has 2 unspecified atom stereocenters. The third-order valence-electron chi connectivity index (χ3n) is 6.95. The molecule has 41 heavy (non-hydrogen) atoms. The van der Waals surface area contributed by atoms with E-state index in [1.807, 2.05) is 52.8 Å². The van der Waals surface area contributed by atoms with Crippen molar-refractivity contribution in [2.45, 2.75) is 72.2 Å². The second kappa shape index (κ2) is 16.2. The maximum absolute atomic E-state index is 12.5. The molecule has 1 aromatic carbocycles. The van der Waals surface area contributed by atoms with Crippen molar-refractivity contribution in [2.24, 2.45) is 28.9 Å². The summed E-state index contributed by atoms with van der Waals surface area (Å²) in [7, 11) is 0. The molecule has 2 rings (SSSR count). The Hall–Kier alpha value is -3.28. The number of allylic oxidation sites excluding steroid dienone is 4. The highest BCUT2D eigenvalue weighted by molar-refractivity contribution is 9.10. The minimum Gasteiger partial charge on any atom is -0.507 e. The van der Waals surface area contributed by atoms with Crippen LogP contribution in [-0.4, -0.2) is 34.5 Å². The Labute approximate surface area is 252 Å². The molecule has 1 amide bonds. The van der Waals surface area contributed by atoms with Gasteiger partial charge in [0.05, 0.1) is 10.6 Å². The summed E-state index contributed by atoms with van der Waals surface area (Å²) in [6.07, 6.45) is 13.6. The van der Waals surface area contributed by atoms with Crippen molar-refractivity contribution in [3.05, 3.63) is 76.8 Å². The molecule has 1 heterocycles. The van der Waals surface area contributed by atoms with Crippen LogP contribution in [0.1, 0.15) is 65.5 Å². The third-order valence-corrected chi connectivity index (χ3v) is 7.81. The molecule has 0 bridgehead atoms. The Morgan fingerprint density at radius 1 is 1.20 bits per heavy atom. The number of benzene rings is 1. The average Bonchev–Trinajstić information content (AvgIpc) is 2.88. The van der Waals surface area contributed by atoms with Crippen molar-refractivity contribution in [1.82, 2.24) is 0 Å². The van der Waals surface area contributed by atoms with Crippen molar-refractivity contribution >= 4 is 28.0 Å². The van der Waals surface area contributed by atoms with Crippen LogP contribution in [0.4, 0.5) is 4.79 Å². The Balaban J connectivity index is 2.15. The first kappa shape index (κ1) is 33.9. The largest absolute Gasteiger partial charge is 0.507 e. The van der Waals surface area contributed by atoms with Gasteiger partial charge in [-0.25, -0.2) is 9.59 Å². The predicted molar refractivity (Wildman–Crippen MR) is 165 cm³/mol. The minimum atomic E-state index is -0.870. The molecule has 1 aliphatic heterocycles. The molecule has 8 heteroatoms. The normalized spacial score (nSPS) is 26.8. The lowest BCUT2D eigenvalue weighted by atomic mass is 9.82. The van der Waals surface area contributed by atoms with E-state index >= 15 is 0 Å². The fourth-order valence-electron chi connectivity index (χ4n) is 4.50. The first-order valence-electron chi connectivity index (χ1n) is 13.8. The van der Waals surface area contributed by atoms with E-state index < -0.39 is 29.7 Å². The number of cyclic esters (lactones) is 1.